The van der Waals surface area contributed by atoms with Gasteiger partial charge in [-0.05, 0) is 35.7 Å². The molecule has 0 saturated carbocycles. The molecule has 82 valence electrons. The van der Waals surface area contributed by atoms with Crippen molar-refractivity contribution in [2.75, 3.05) is 0 Å². The van der Waals surface area contributed by atoms with Gasteiger partial charge in [-0.15, -0.1) is 0 Å². The maximum atomic E-state index is 5.66. The molecular formula is C14H14BrN. The molecule has 0 fully saturated rings. The standard InChI is InChI=1S/C14H14BrN/c1-10-3-2-4-12(7-10)13-8-11(9-16)5-6-14(13)15/h2-8H,9,16H2,1H3. The zero-order chi connectivity index (χ0) is 11.5. The number of halogens is 1. The van der Waals surface area contributed by atoms with Crippen LogP contribution in [0.2, 0.25) is 0 Å². The Balaban J connectivity index is 2.54. The lowest BCUT2D eigenvalue weighted by Gasteiger charge is -2.08. The molecule has 0 bridgehead atoms. The summed E-state index contributed by atoms with van der Waals surface area (Å²) in [5.41, 5.74) is 10.5. The van der Waals surface area contributed by atoms with E-state index in [0.717, 1.165) is 10.0 Å². The lowest BCUT2D eigenvalue weighted by Crippen LogP contribution is -1.96. The first kappa shape index (κ1) is 11.4. The van der Waals surface area contributed by atoms with Gasteiger partial charge in [0, 0.05) is 11.0 Å². The molecule has 0 aromatic heterocycles. The number of aryl methyl sites for hydroxylation is 1. The van der Waals surface area contributed by atoms with Gasteiger partial charge in [0.2, 0.25) is 0 Å². The summed E-state index contributed by atoms with van der Waals surface area (Å²) in [6.07, 6.45) is 0. The lowest BCUT2D eigenvalue weighted by atomic mass is 10.0. The summed E-state index contributed by atoms with van der Waals surface area (Å²) in [7, 11) is 0. The molecule has 0 aliphatic carbocycles. The van der Waals surface area contributed by atoms with Crippen molar-refractivity contribution in [1.82, 2.24) is 0 Å². The Kier molecular flexibility index (Phi) is 3.42. The zero-order valence-corrected chi connectivity index (χ0v) is 10.8. The third-order valence-electron chi connectivity index (χ3n) is 2.60. The minimum Gasteiger partial charge on any atom is -0.326 e. The third kappa shape index (κ3) is 2.34. The first-order chi connectivity index (χ1) is 7.70. The molecule has 0 radical (unpaired) electrons. The topological polar surface area (TPSA) is 26.0 Å². The highest BCUT2D eigenvalue weighted by Gasteiger charge is 2.04. The van der Waals surface area contributed by atoms with E-state index in [4.69, 9.17) is 5.73 Å². The molecule has 2 rings (SSSR count). The first-order valence-corrected chi connectivity index (χ1v) is 6.05. The number of hydrogen-bond acceptors (Lipinski definition) is 1. The Labute approximate surface area is 104 Å². The quantitative estimate of drug-likeness (QED) is 0.885. The van der Waals surface area contributed by atoms with Gasteiger partial charge in [0.05, 0.1) is 0 Å². The van der Waals surface area contributed by atoms with Crippen molar-refractivity contribution in [2.24, 2.45) is 5.73 Å². The highest BCUT2D eigenvalue weighted by Crippen LogP contribution is 2.29. The van der Waals surface area contributed by atoms with Crippen molar-refractivity contribution >= 4 is 15.9 Å². The minimum atomic E-state index is 0.575. The van der Waals surface area contributed by atoms with Gasteiger partial charge in [-0.2, -0.15) is 0 Å². The average molecular weight is 276 g/mol. The van der Waals surface area contributed by atoms with Crippen LogP contribution in [0.5, 0.6) is 0 Å². The number of nitrogens with two attached hydrogens (primary N) is 1. The largest absolute Gasteiger partial charge is 0.326 e. The van der Waals surface area contributed by atoms with Crippen LogP contribution < -0.4 is 5.73 Å². The van der Waals surface area contributed by atoms with Crippen LogP contribution in [0.15, 0.2) is 46.9 Å². The van der Waals surface area contributed by atoms with Gasteiger partial charge in [-0.25, -0.2) is 0 Å². The summed E-state index contributed by atoms with van der Waals surface area (Å²) in [5.74, 6) is 0. The molecule has 0 aliphatic heterocycles. The number of hydrogen-bond donors (Lipinski definition) is 1. The molecule has 0 unspecified atom stereocenters. The summed E-state index contributed by atoms with van der Waals surface area (Å²) in [4.78, 5) is 0. The molecule has 0 saturated heterocycles. The van der Waals surface area contributed by atoms with E-state index in [1.807, 2.05) is 6.07 Å². The van der Waals surface area contributed by atoms with E-state index in [0.29, 0.717) is 6.54 Å². The van der Waals surface area contributed by atoms with Crippen LogP contribution in [-0.2, 0) is 6.54 Å². The predicted molar refractivity (Wildman–Crippen MR) is 72.2 cm³/mol. The first-order valence-electron chi connectivity index (χ1n) is 5.26. The van der Waals surface area contributed by atoms with Crippen LogP contribution in [0.25, 0.3) is 11.1 Å². The fourth-order valence-corrected chi connectivity index (χ4v) is 2.21. The molecule has 0 spiro atoms. The number of rotatable bonds is 2. The van der Waals surface area contributed by atoms with Gasteiger partial charge in [-0.3, -0.25) is 0 Å². The summed E-state index contributed by atoms with van der Waals surface area (Å²) in [6, 6.07) is 14.7. The monoisotopic (exact) mass is 275 g/mol. The van der Waals surface area contributed by atoms with Crippen molar-refractivity contribution < 1.29 is 0 Å². The van der Waals surface area contributed by atoms with Crippen molar-refractivity contribution in [3.63, 3.8) is 0 Å². The third-order valence-corrected chi connectivity index (χ3v) is 3.29. The van der Waals surface area contributed by atoms with Gasteiger partial charge in [-0.1, -0.05) is 51.8 Å². The molecule has 16 heavy (non-hydrogen) atoms. The molecule has 0 heterocycles. The van der Waals surface area contributed by atoms with E-state index in [1.54, 1.807) is 0 Å². The molecule has 0 atom stereocenters. The van der Waals surface area contributed by atoms with E-state index in [-0.39, 0.29) is 0 Å². The van der Waals surface area contributed by atoms with Crippen LogP contribution >= 0.6 is 15.9 Å². The molecule has 2 heteroatoms. The molecule has 2 N–H and O–H groups in total. The highest BCUT2D eigenvalue weighted by molar-refractivity contribution is 9.10. The Hall–Kier alpha value is -1.12. The Morgan fingerprint density at radius 2 is 1.94 bits per heavy atom. The summed E-state index contributed by atoms with van der Waals surface area (Å²) >= 11 is 3.58. The maximum Gasteiger partial charge on any atom is 0.0253 e. The summed E-state index contributed by atoms with van der Waals surface area (Å²) in [6.45, 7) is 2.68. The Bertz CT molecular complexity index is 506. The van der Waals surface area contributed by atoms with Gasteiger partial charge < -0.3 is 5.73 Å². The normalized spacial score (nSPS) is 10.4. The summed E-state index contributed by atoms with van der Waals surface area (Å²) in [5, 5.41) is 0. The molecule has 0 aliphatic rings. The van der Waals surface area contributed by atoms with E-state index in [1.165, 1.54) is 16.7 Å². The molecule has 2 aromatic carbocycles. The van der Waals surface area contributed by atoms with Crippen molar-refractivity contribution in [3.8, 4) is 11.1 Å². The van der Waals surface area contributed by atoms with E-state index >= 15 is 0 Å². The van der Waals surface area contributed by atoms with Gasteiger partial charge in [0.15, 0.2) is 0 Å². The number of benzene rings is 2. The Morgan fingerprint density at radius 3 is 2.62 bits per heavy atom. The minimum absolute atomic E-state index is 0.575. The fourth-order valence-electron chi connectivity index (χ4n) is 1.73. The van der Waals surface area contributed by atoms with Crippen LogP contribution in [-0.4, -0.2) is 0 Å². The molecule has 0 amide bonds. The van der Waals surface area contributed by atoms with Crippen molar-refractivity contribution in [3.05, 3.63) is 58.1 Å². The second-order valence-corrected chi connectivity index (χ2v) is 4.74. The lowest BCUT2D eigenvalue weighted by molar-refractivity contribution is 1.07. The van der Waals surface area contributed by atoms with Gasteiger partial charge in [0.1, 0.15) is 0 Å². The van der Waals surface area contributed by atoms with Gasteiger partial charge in [0.25, 0.3) is 0 Å². The molecular weight excluding hydrogens is 262 g/mol. The van der Waals surface area contributed by atoms with E-state index < -0.39 is 0 Å². The van der Waals surface area contributed by atoms with Crippen LogP contribution in [0.4, 0.5) is 0 Å². The smallest absolute Gasteiger partial charge is 0.0253 e. The van der Waals surface area contributed by atoms with E-state index in [9.17, 15) is 0 Å². The molecule has 2 aromatic rings. The summed E-state index contributed by atoms with van der Waals surface area (Å²) < 4.78 is 1.11. The SMILES string of the molecule is Cc1cccc(-c2cc(CN)ccc2Br)c1. The second-order valence-electron chi connectivity index (χ2n) is 3.89. The second kappa shape index (κ2) is 4.81. The average Bonchev–Trinajstić information content (AvgIpc) is 2.30. The maximum absolute atomic E-state index is 5.66. The Morgan fingerprint density at radius 1 is 1.12 bits per heavy atom. The van der Waals surface area contributed by atoms with Crippen LogP contribution in [0.1, 0.15) is 11.1 Å². The van der Waals surface area contributed by atoms with Crippen LogP contribution in [0, 0.1) is 6.92 Å². The van der Waals surface area contributed by atoms with Crippen LogP contribution in [0.3, 0.4) is 0 Å². The predicted octanol–water partition coefficient (Wildman–Crippen LogP) is 3.88. The van der Waals surface area contributed by atoms with Crippen molar-refractivity contribution in [1.29, 1.82) is 0 Å². The fraction of sp³-hybridized carbons (Fsp3) is 0.143. The zero-order valence-electron chi connectivity index (χ0n) is 9.20. The van der Waals surface area contributed by atoms with Gasteiger partial charge >= 0.3 is 0 Å². The van der Waals surface area contributed by atoms with Crippen molar-refractivity contribution in [2.45, 2.75) is 13.5 Å². The van der Waals surface area contributed by atoms with E-state index in [2.05, 4.69) is 59.3 Å². The highest BCUT2D eigenvalue weighted by atomic mass is 79.9. The molecule has 1 nitrogen and oxygen atoms in total.